The summed E-state index contributed by atoms with van der Waals surface area (Å²) < 4.78 is 97.7. The standard InChI is InChI=1S/C33H18F4O5S/c34-27-29(36)32(43(39,40)41)30(37)28(35)31(27)42-33(38)26-24(22-14-5-10-18-8-1-3-12-20(18)22)16-7-17-25(26)23-15-6-11-19-9-2-4-13-21(19)23/h1-17H,(H,39,40,41)/p-1. The Morgan fingerprint density at radius 1 is 0.558 bits per heavy atom. The van der Waals surface area contributed by atoms with E-state index in [4.69, 9.17) is 4.74 Å². The molecule has 0 amide bonds. The molecule has 6 aromatic rings. The lowest BCUT2D eigenvalue weighted by Gasteiger charge is -2.18. The highest BCUT2D eigenvalue weighted by atomic mass is 32.2. The zero-order valence-electron chi connectivity index (χ0n) is 21.8. The van der Waals surface area contributed by atoms with Crippen LogP contribution in [0, 0.1) is 23.3 Å². The van der Waals surface area contributed by atoms with Crippen molar-refractivity contribution >= 4 is 37.6 Å². The van der Waals surface area contributed by atoms with Gasteiger partial charge in [-0.15, -0.1) is 0 Å². The predicted octanol–water partition coefficient (Wildman–Crippen LogP) is 8.01. The minimum Gasteiger partial charge on any atom is -0.744 e. The average Bonchev–Trinajstić information content (AvgIpc) is 3.00. The van der Waals surface area contributed by atoms with Crippen LogP contribution in [0.5, 0.6) is 5.75 Å². The monoisotopic (exact) mass is 601 g/mol. The smallest absolute Gasteiger partial charge is 0.345 e. The molecule has 0 aliphatic carbocycles. The Labute approximate surface area is 242 Å². The Morgan fingerprint density at radius 2 is 0.953 bits per heavy atom. The van der Waals surface area contributed by atoms with Gasteiger partial charge in [0.15, 0.2) is 11.6 Å². The second-order valence-corrected chi connectivity index (χ2v) is 10.9. The van der Waals surface area contributed by atoms with Gasteiger partial charge in [-0.1, -0.05) is 103 Å². The number of hydrogen-bond donors (Lipinski definition) is 0. The number of benzene rings is 6. The van der Waals surface area contributed by atoms with Crippen LogP contribution >= 0.6 is 0 Å². The maximum Gasteiger partial charge on any atom is 0.345 e. The molecule has 0 unspecified atom stereocenters. The molecule has 214 valence electrons. The van der Waals surface area contributed by atoms with E-state index < -0.39 is 50.0 Å². The minimum atomic E-state index is -5.95. The molecule has 0 aromatic heterocycles. The summed E-state index contributed by atoms with van der Waals surface area (Å²) in [4.78, 5) is 11.6. The van der Waals surface area contributed by atoms with Crippen LogP contribution in [0.1, 0.15) is 10.4 Å². The number of hydrogen-bond acceptors (Lipinski definition) is 5. The van der Waals surface area contributed by atoms with E-state index in [1.54, 1.807) is 54.6 Å². The van der Waals surface area contributed by atoms with Gasteiger partial charge in [0.1, 0.15) is 15.0 Å². The number of carbonyl (C=O) groups excluding carboxylic acids is 1. The lowest BCUT2D eigenvalue weighted by Crippen LogP contribution is -2.17. The van der Waals surface area contributed by atoms with Crippen molar-refractivity contribution in [2.75, 3.05) is 0 Å². The first-order valence-corrected chi connectivity index (χ1v) is 14.1. The van der Waals surface area contributed by atoms with Crippen LogP contribution in [0.15, 0.2) is 108 Å². The number of carbonyl (C=O) groups is 1. The summed E-state index contributed by atoms with van der Waals surface area (Å²) in [5, 5.41) is 3.11. The topological polar surface area (TPSA) is 83.5 Å². The Balaban J connectivity index is 1.63. The highest BCUT2D eigenvalue weighted by Crippen LogP contribution is 2.40. The van der Waals surface area contributed by atoms with Gasteiger partial charge < -0.3 is 9.29 Å². The van der Waals surface area contributed by atoms with E-state index in [1.807, 2.05) is 48.5 Å². The highest BCUT2D eigenvalue weighted by molar-refractivity contribution is 7.85. The fourth-order valence-electron chi connectivity index (χ4n) is 5.19. The number of esters is 1. The molecular weight excluding hydrogens is 584 g/mol. The quantitative estimate of drug-likeness (QED) is 0.0657. The van der Waals surface area contributed by atoms with E-state index in [9.17, 15) is 35.3 Å². The maximum atomic E-state index is 14.9. The molecule has 6 rings (SSSR count). The van der Waals surface area contributed by atoms with Gasteiger partial charge in [0.25, 0.3) is 0 Å². The van der Waals surface area contributed by atoms with Crippen LogP contribution in [-0.2, 0) is 10.1 Å². The largest absolute Gasteiger partial charge is 0.744 e. The molecular formula is C33H17F4O5S-. The van der Waals surface area contributed by atoms with Crippen LogP contribution in [0.25, 0.3) is 43.8 Å². The van der Waals surface area contributed by atoms with Crippen molar-refractivity contribution in [2.24, 2.45) is 0 Å². The van der Waals surface area contributed by atoms with Crippen molar-refractivity contribution in [3.8, 4) is 28.0 Å². The van der Waals surface area contributed by atoms with Gasteiger partial charge in [-0.3, -0.25) is 0 Å². The first-order chi connectivity index (χ1) is 20.6. The lowest BCUT2D eigenvalue weighted by atomic mass is 9.88. The third-order valence-electron chi connectivity index (χ3n) is 7.06. The predicted molar refractivity (Wildman–Crippen MR) is 152 cm³/mol. The van der Waals surface area contributed by atoms with E-state index in [1.165, 1.54) is 0 Å². The molecule has 43 heavy (non-hydrogen) atoms. The van der Waals surface area contributed by atoms with Gasteiger partial charge in [0.2, 0.25) is 17.4 Å². The zero-order chi connectivity index (χ0) is 30.5. The Bertz CT molecular complexity index is 2080. The van der Waals surface area contributed by atoms with Crippen molar-refractivity contribution in [3.05, 3.63) is 132 Å². The number of fused-ring (bicyclic) bond motifs is 2. The Hall–Kier alpha value is -5.06. The van der Waals surface area contributed by atoms with Crippen LogP contribution < -0.4 is 4.74 Å². The number of halogens is 4. The van der Waals surface area contributed by atoms with Crippen molar-refractivity contribution < 1.29 is 40.1 Å². The zero-order valence-corrected chi connectivity index (χ0v) is 22.6. The van der Waals surface area contributed by atoms with E-state index in [2.05, 4.69) is 0 Å². The second kappa shape index (κ2) is 10.6. The molecule has 0 N–H and O–H groups in total. The first kappa shape index (κ1) is 28.1. The highest BCUT2D eigenvalue weighted by Gasteiger charge is 2.32. The van der Waals surface area contributed by atoms with Gasteiger partial charge in [-0.2, -0.15) is 8.78 Å². The lowest BCUT2D eigenvalue weighted by molar-refractivity contribution is 0.0718. The first-order valence-electron chi connectivity index (χ1n) is 12.7. The fraction of sp³-hybridized carbons (Fsp3) is 0. The third kappa shape index (κ3) is 4.80. The van der Waals surface area contributed by atoms with Gasteiger partial charge in [-0.25, -0.2) is 22.0 Å². The summed E-state index contributed by atoms with van der Waals surface area (Å²) in [5.74, 6) is -12.9. The number of rotatable bonds is 5. The molecule has 0 saturated carbocycles. The summed E-state index contributed by atoms with van der Waals surface area (Å²) in [6, 6.07) is 30.1. The molecule has 0 radical (unpaired) electrons. The summed E-state index contributed by atoms with van der Waals surface area (Å²) in [6.07, 6.45) is 0. The average molecular weight is 602 g/mol. The van der Waals surface area contributed by atoms with Crippen molar-refractivity contribution in [2.45, 2.75) is 4.90 Å². The van der Waals surface area contributed by atoms with Crippen molar-refractivity contribution in [1.82, 2.24) is 0 Å². The fourth-order valence-corrected chi connectivity index (χ4v) is 5.80. The molecule has 0 spiro atoms. The Kier molecular flexibility index (Phi) is 6.95. The molecule has 0 bridgehead atoms. The molecule has 0 saturated heterocycles. The SMILES string of the molecule is O=C(Oc1c(F)c(F)c(S(=O)(=O)[O-])c(F)c1F)c1c(-c2cccc3ccccc23)cccc1-c1cccc2ccccc12. The van der Waals surface area contributed by atoms with Crippen molar-refractivity contribution in [3.63, 3.8) is 0 Å². The molecule has 0 heterocycles. The maximum absolute atomic E-state index is 14.9. The molecule has 5 nitrogen and oxygen atoms in total. The van der Waals surface area contributed by atoms with Crippen molar-refractivity contribution in [1.29, 1.82) is 0 Å². The molecule has 0 atom stereocenters. The number of ether oxygens (including phenoxy) is 1. The van der Waals surface area contributed by atoms with Gasteiger partial charge in [-0.05, 0) is 43.8 Å². The summed E-state index contributed by atoms with van der Waals surface area (Å²) in [7, 11) is -5.95. The molecule has 6 aromatic carbocycles. The minimum absolute atomic E-state index is 0.185. The summed E-state index contributed by atoms with van der Waals surface area (Å²) in [5.41, 5.74) is 1.49. The van der Waals surface area contributed by atoms with Crippen LogP contribution in [0.4, 0.5) is 17.6 Å². The van der Waals surface area contributed by atoms with Gasteiger partial charge >= 0.3 is 5.97 Å². The Morgan fingerprint density at radius 3 is 1.42 bits per heavy atom. The van der Waals surface area contributed by atoms with Gasteiger partial charge in [0, 0.05) is 0 Å². The van der Waals surface area contributed by atoms with Crippen LogP contribution in [0.2, 0.25) is 0 Å². The summed E-state index contributed by atoms with van der Waals surface area (Å²) >= 11 is 0. The van der Waals surface area contributed by atoms with E-state index >= 15 is 0 Å². The normalized spacial score (nSPS) is 11.7. The van der Waals surface area contributed by atoms with Crippen LogP contribution in [-0.4, -0.2) is 18.9 Å². The van der Waals surface area contributed by atoms with Crippen LogP contribution in [0.3, 0.4) is 0 Å². The summed E-state index contributed by atoms with van der Waals surface area (Å²) in [6.45, 7) is 0. The second-order valence-electron chi connectivity index (χ2n) is 9.54. The van der Waals surface area contributed by atoms with Gasteiger partial charge in [0.05, 0.1) is 5.56 Å². The van der Waals surface area contributed by atoms with E-state index in [0.29, 0.717) is 11.1 Å². The van der Waals surface area contributed by atoms with E-state index in [0.717, 1.165) is 21.5 Å². The molecule has 0 fully saturated rings. The third-order valence-corrected chi connectivity index (χ3v) is 7.91. The van der Waals surface area contributed by atoms with E-state index in [-0.39, 0.29) is 16.7 Å². The molecule has 0 aliphatic heterocycles. The molecule has 10 heteroatoms. The molecule has 0 aliphatic rings.